The Morgan fingerprint density at radius 2 is 2.22 bits per heavy atom. The van der Waals surface area contributed by atoms with Crippen molar-refractivity contribution in [3.8, 4) is 0 Å². The summed E-state index contributed by atoms with van der Waals surface area (Å²) in [6.07, 6.45) is 3.12. The standard InChI is InChI=1S/C13H16BrN3O/c1-17-13(15-9-16-17)7-11(8-18)5-10-3-2-4-12(14)6-10/h2-4,6,9,11,18H,5,7-8H2,1H3. The predicted molar refractivity (Wildman–Crippen MR) is 73.1 cm³/mol. The molecule has 1 unspecified atom stereocenters. The molecule has 0 radical (unpaired) electrons. The van der Waals surface area contributed by atoms with Crippen LogP contribution in [-0.2, 0) is 19.9 Å². The van der Waals surface area contributed by atoms with E-state index in [1.54, 1.807) is 11.0 Å². The van der Waals surface area contributed by atoms with Gasteiger partial charge in [0.25, 0.3) is 0 Å². The molecule has 1 N–H and O–H groups in total. The summed E-state index contributed by atoms with van der Waals surface area (Å²) >= 11 is 3.46. The van der Waals surface area contributed by atoms with Crippen molar-refractivity contribution < 1.29 is 5.11 Å². The lowest BCUT2D eigenvalue weighted by Crippen LogP contribution is -2.15. The van der Waals surface area contributed by atoms with Crippen molar-refractivity contribution in [3.05, 3.63) is 46.5 Å². The Labute approximate surface area is 115 Å². The van der Waals surface area contributed by atoms with Crippen molar-refractivity contribution in [2.45, 2.75) is 12.8 Å². The summed E-state index contributed by atoms with van der Waals surface area (Å²) in [4.78, 5) is 4.19. The van der Waals surface area contributed by atoms with E-state index in [-0.39, 0.29) is 12.5 Å². The molecule has 1 aromatic heterocycles. The lowest BCUT2D eigenvalue weighted by atomic mass is 9.97. The van der Waals surface area contributed by atoms with E-state index in [1.807, 2.05) is 19.2 Å². The van der Waals surface area contributed by atoms with Gasteiger partial charge in [0.2, 0.25) is 0 Å². The zero-order valence-electron chi connectivity index (χ0n) is 10.3. The van der Waals surface area contributed by atoms with Crippen LogP contribution in [0.25, 0.3) is 0 Å². The summed E-state index contributed by atoms with van der Waals surface area (Å²) < 4.78 is 2.82. The fraction of sp³-hybridized carbons (Fsp3) is 0.385. The molecule has 1 atom stereocenters. The van der Waals surface area contributed by atoms with Gasteiger partial charge in [-0.25, -0.2) is 4.98 Å². The van der Waals surface area contributed by atoms with Crippen LogP contribution in [0.15, 0.2) is 35.1 Å². The quantitative estimate of drug-likeness (QED) is 0.918. The maximum Gasteiger partial charge on any atom is 0.138 e. The summed E-state index contributed by atoms with van der Waals surface area (Å²) in [5.74, 6) is 1.08. The highest BCUT2D eigenvalue weighted by Crippen LogP contribution is 2.17. The third-order valence-corrected chi connectivity index (χ3v) is 3.44. The van der Waals surface area contributed by atoms with Crippen molar-refractivity contribution in [1.29, 1.82) is 0 Å². The molecule has 1 heterocycles. The predicted octanol–water partition coefficient (Wildman–Crippen LogP) is 1.97. The van der Waals surface area contributed by atoms with Gasteiger partial charge in [-0.2, -0.15) is 5.10 Å². The van der Waals surface area contributed by atoms with E-state index < -0.39 is 0 Å². The van der Waals surface area contributed by atoms with E-state index in [2.05, 4.69) is 38.1 Å². The Hall–Kier alpha value is -1.20. The van der Waals surface area contributed by atoms with E-state index >= 15 is 0 Å². The number of aromatic nitrogens is 3. The lowest BCUT2D eigenvalue weighted by Gasteiger charge is -2.13. The highest BCUT2D eigenvalue weighted by atomic mass is 79.9. The highest BCUT2D eigenvalue weighted by molar-refractivity contribution is 9.10. The van der Waals surface area contributed by atoms with E-state index in [1.165, 1.54) is 5.56 Å². The number of aliphatic hydroxyl groups is 1. The molecule has 0 aliphatic rings. The largest absolute Gasteiger partial charge is 0.396 e. The molecule has 0 saturated heterocycles. The van der Waals surface area contributed by atoms with Gasteiger partial charge in [0, 0.05) is 24.5 Å². The van der Waals surface area contributed by atoms with Gasteiger partial charge in [0.15, 0.2) is 0 Å². The van der Waals surface area contributed by atoms with Gasteiger partial charge in [-0.1, -0.05) is 28.1 Å². The highest BCUT2D eigenvalue weighted by Gasteiger charge is 2.13. The molecule has 0 spiro atoms. The van der Waals surface area contributed by atoms with Gasteiger partial charge in [0.05, 0.1) is 0 Å². The average Bonchev–Trinajstić information content (AvgIpc) is 2.74. The number of nitrogens with zero attached hydrogens (tertiary/aromatic N) is 3. The summed E-state index contributed by atoms with van der Waals surface area (Å²) in [5.41, 5.74) is 1.21. The van der Waals surface area contributed by atoms with Gasteiger partial charge in [-0.3, -0.25) is 4.68 Å². The van der Waals surface area contributed by atoms with Crippen molar-refractivity contribution >= 4 is 15.9 Å². The molecule has 1 aromatic carbocycles. The van der Waals surface area contributed by atoms with Crippen molar-refractivity contribution in [2.75, 3.05) is 6.61 Å². The van der Waals surface area contributed by atoms with Crippen LogP contribution in [0.2, 0.25) is 0 Å². The molecule has 2 rings (SSSR count). The third-order valence-electron chi connectivity index (χ3n) is 2.95. The Bertz CT molecular complexity index is 512. The topological polar surface area (TPSA) is 50.9 Å². The van der Waals surface area contributed by atoms with E-state index in [9.17, 15) is 5.11 Å². The summed E-state index contributed by atoms with van der Waals surface area (Å²) in [7, 11) is 1.87. The summed E-state index contributed by atoms with van der Waals surface area (Å²) in [6, 6.07) is 8.17. The van der Waals surface area contributed by atoms with Crippen LogP contribution >= 0.6 is 15.9 Å². The summed E-state index contributed by atoms with van der Waals surface area (Å²) in [6.45, 7) is 0.152. The zero-order valence-corrected chi connectivity index (χ0v) is 11.8. The molecule has 4 nitrogen and oxygen atoms in total. The van der Waals surface area contributed by atoms with E-state index in [0.717, 1.165) is 23.1 Å². The van der Waals surface area contributed by atoms with Crippen LogP contribution in [0.5, 0.6) is 0 Å². The van der Waals surface area contributed by atoms with Gasteiger partial charge in [-0.15, -0.1) is 0 Å². The Morgan fingerprint density at radius 1 is 1.39 bits per heavy atom. The molecule has 18 heavy (non-hydrogen) atoms. The first-order chi connectivity index (χ1) is 8.69. The van der Waals surface area contributed by atoms with Crippen LogP contribution in [0.1, 0.15) is 11.4 Å². The molecule has 2 aromatic rings. The van der Waals surface area contributed by atoms with Gasteiger partial charge in [-0.05, 0) is 30.0 Å². The molecule has 0 amide bonds. The van der Waals surface area contributed by atoms with Crippen molar-refractivity contribution in [3.63, 3.8) is 0 Å². The second-order valence-electron chi connectivity index (χ2n) is 4.39. The molecular formula is C13H16BrN3O. The van der Waals surface area contributed by atoms with Crippen LogP contribution in [0.3, 0.4) is 0 Å². The molecule has 5 heteroatoms. The number of aliphatic hydroxyl groups excluding tert-OH is 1. The van der Waals surface area contributed by atoms with Gasteiger partial charge < -0.3 is 5.11 Å². The number of hydrogen-bond acceptors (Lipinski definition) is 3. The van der Waals surface area contributed by atoms with Gasteiger partial charge >= 0.3 is 0 Å². The molecule has 0 fully saturated rings. The third kappa shape index (κ3) is 3.40. The smallest absolute Gasteiger partial charge is 0.138 e. The van der Waals surface area contributed by atoms with Crippen LogP contribution in [-0.4, -0.2) is 26.5 Å². The Morgan fingerprint density at radius 3 is 2.83 bits per heavy atom. The second-order valence-corrected chi connectivity index (χ2v) is 5.30. The molecule has 0 saturated carbocycles. The van der Waals surface area contributed by atoms with Crippen LogP contribution in [0.4, 0.5) is 0 Å². The van der Waals surface area contributed by atoms with Gasteiger partial charge in [0.1, 0.15) is 12.2 Å². The first-order valence-corrected chi connectivity index (χ1v) is 6.66. The molecular weight excluding hydrogens is 294 g/mol. The number of rotatable bonds is 5. The lowest BCUT2D eigenvalue weighted by molar-refractivity contribution is 0.222. The second kappa shape index (κ2) is 6.11. The van der Waals surface area contributed by atoms with Crippen molar-refractivity contribution in [1.82, 2.24) is 14.8 Å². The maximum absolute atomic E-state index is 9.48. The monoisotopic (exact) mass is 309 g/mol. The normalized spacial score (nSPS) is 12.6. The van der Waals surface area contributed by atoms with Crippen LogP contribution < -0.4 is 0 Å². The molecule has 96 valence electrons. The molecule has 0 aliphatic heterocycles. The minimum absolute atomic E-state index is 0.152. The zero-order chi connectivity index (χ0) is 13.0. The van der Waals surface area contributed by atoms with E-state index in [4.69, 9.17) is 0 Å². The summed E-state index contributed by atoms with van der Waals surface area (Å²) in [5, 5.41) is 13.5. The minimum atomic E-state index is 0.152. The Balaban J connectivity index is 2.04. The number of halogens is 1. The SMILES string of the molecule is Cn1ncnc1CC(CO)Cc1cccc(Br)c1. The number of hydrogen-bond donors (Lipinski definition) is 1. The fourth-order valence-corrected chi connectivity index (χ4v) is 2.41. The number of benzene rings is 1. The first kappa shape index (κ1) is 13.2. The maximum atomic E-state index is 9.48. The Kier molecular flexibility index (Phi) is 4.49. The minimum Gasteiger partial charge on any atom is -0.396 e. The molecule has 0 aliphatic carbocycles. The fourth-order valence-electron chi connectivity index (χ4n) is 1.96. The number of aryl methyl sites for hydroxylation is 1. The average molecular weight is 310 g/mol. The van der Waals surface area contributed by atoms with E-state index in [0.29, 0.717) is 0 Å². The first-order valence-electron chi connectivity index (χ1n) is 5.87. The van der Waals surface area contributed by atoms with Crippen LogP contribution in [0, 0.1) is 5.92 Å². The van der Waals surface area contributed by atoms with Crippen molar-refractivity contribution in [2.24, 2.45) is 13.0 Å². The molecule has 0 bridgehead atoms.